The Morgan fingerprint density at radius 2 is 2.22 bits per heavy atom. The van der Waals surface area contributed by atoms with Crippen LogP contribution in [-0.4, -0.2) is 49.4 Å². The topological polar surface area (TPSA) is 79.4 Å². The molecule has 130 valence electrons. The van der Waals surface area contributed by atoms with E-state index in [2.05, 4.69) is 17.2 Å². The van der Waals surface area contributed by atoms with E-state index in [0.717, 1.165) is 34.8 Å². The highest BCUT2D eigenvalue weighted by molar-refractivity contribution is 7.90. The standard InChI is InChI=1S/C15H25N3O3S2/c1-4-14-17-11(2)13(22-14)8-16-15(19)18-7-5-6-12(9-18)10-23(3,20)21/h12H,4-10H2,1-3H3,(H,16,19). The molecule has 8 heteroatoms. The molecule has 1 unspecified atom stereocenters. The molecule has 1 aliphatic heterocycles. The van der Waals surface area contributed by atoms with Gasteiger partial charge in [0.2, 0.25) is 0 Å². The number of thiazole rings is 1. The molecule has 1 aromatic heterocycles. The second-order valence-corrected chi connectivity index (χ2v) is 9.53. The Kier molecular flexibility index (Phi) is 6.02. The number of urea groups is 1. The minimum Gasteiger partial charge on any atom is -0.333 e. The maximum atomic E-state index is 12.3. The third-order valence-corrected chi connectivity index (χ3v) is 6.36. The van der Waals surface area contributed by atoms with Gasteiger partial charge in [-0.2, -0.15) is 0 Å². The van der Waals surface area contributed by atoms with Gasteiger partial charge in [0.05, 0.1) is 23.0 Å². The molecular formula is C15H25N3O3S2. The largest absolute Gasteiger partial charge is 0.333 e. The lowest BCUT2D eigenvalue weighted by atomic mass is 10.0. The summed E-state index contributed by atoms with van der Waals surface area (Å²) in [5.41, 5.74) is 0.973. The van der Waals surface area contributed by atoms with E-state index in [4.69, 9.17) is 0 Å². The molecule has 1 aliphatic rings. The van der Waals surface area contributed by atoms with Gasteiger partial charge in [-0.05, 0) is 32.1 Å². The number of hydrogen-bond acceptors (Lipinski definition) is 5. The lowest BCUT2D eigenvalue weighted by Crippen LogP contribution is -2.46. The van der Waals surface area contributed by atoms with Gasteiger partial charge in [0.25, 0.3) is 0 Å². The number of aryl methyl sites for hydroxylation is 2. The summed E-state index contributed by atoms with van der Waals surface area (Å²) in [6, 6.07) is -0.117. The number of nitrogens with zero attached hydrogens (tertiary/aromatic N) is 2. The summed E-state index contributed by atoms with van der Waals surface area (Å²) in [7, 11) is -3.00. The van der Waals surface area contributed by atoms with Crippen LogP contribution in [0.2, 0.25) is 0 Å². The summed E-state index contributed by atoms with van der Waals surface area (Å²) in [6.45, 7) is 5.71. The monoisotopic (exact) mass is 359 g/mol. The summed E-state index contributed by atoms with van der Waals surface area (Å²) in [5, 5.41) is 4.02. The van der Waals surface area contributed by atoms with Crippen LogP contribution in [-0.2, 0) is 22.8 Å². The van der Waals surface area contributed by atoms with Crippen molar-refractivity contribution >= 4 is 27.2 Å². The SMILES string of the molecule is CCc1nc(C)c(CNC(=O)N2CCCC(CS(C)(=O)=O)C2)s1. The fourth-order valence-electron chi connectivity index (χ4n) is 2.88. The van der Waals surface area contributed by atoms with Gasteiger partial charge in [-0.15, -0.1) is 11.3 Å². The number of nitrogens with one attached hydrogen (secondary N) is 1. The molecule has 23 heavy (non-hydrogen) atoms. The van der Waals surface area contributed by atoms with Crippen molar-refractivity contribution in [2.75, 3.05) is 25.1 Å². The number of amides is 2. The Bertz CT molecular complexity index is 655. The molecule has 2 heterocycles. The van der Waals surface area contributed by atoms with Gasteiger partial charge in [-0.25, -0.2) is 18.2 Å². The third kappa shape index (κ3) is 5.46. The van der Waals surface area contributed by atoms with Gasteiger partial charge in [-0.3, -0.25) is 0 Å². The van der Waals surface area contributed by atoms with Crippen molar-refractivity contribution in [3.05, 3.63) is 15.6 Å². The molecule has 0 radical (unpaired) electrons. The molecule has 0 bridgehead atoms. The summed E-state index contributed by atoms with van der Waals surface area (Å²) in [6.07, 6.45) is 3.88. The highest BCUT2D eigenvalue weighted by atomic mass is 32.2. The minimum absolute atomic E-state index is 0.0429. The zero-order chi connectivity index (χ0) is 17.0. The van der Waals surface area contributed by atoms with Gasteiger partial charge in [0.15, 0.2) is 0 Å². The Hall–Kier alpha value is -1.15. The zero-order valence-electron chi connectivity index (χ0n) is 14.0. The van der Waals surface area contributed by atoms with E-state index in [0.29, 0.717) is 19.6 Å². The van der Waals surface area contributed by atoms with Crippen molar-refractivity contribution < 1.29 is 13.2 Å². The van der Waals surface area contributed by atoms with Gasteiger partial charge < -0.3 is 10.2 Å². The Morgan fingerprint density at radius 3 is 2.83 bits per heavy atom. The first-order chi connectivity index (χ1) is 10.8. The lowest BCUT2D eigenvalue weighted by Gasteiger charge is -2.32. The molecule has 2 rings (SSSR count). The van der Waals surface area contributed by atoms with E-state index in [-0.39, 0.29) is 17.7 Å². The van der Waals surface area contributed by atoms with Crippen LogP contribution in [0.15, 0.2) is 0 Å². The molecule has 1 saturated heterocycles. The van der Waals surface area contributed by atoms with Gasteiger partial charge in [0.1, 0.15) is 9.84 Å². The van der Waals surface area contributed by atoms with Crippen LogP contribution < -0.4 is 5.32 Å². The first kappa shape index (κ1) is 18.2. The first-order valence-electron chi connectivity index (χ1n) is 7.94. The maximum Gasteiger partial charge on any atom is 0.317 e. The number of likely N-dealkylation sites (tertiary alicyclic amines) is 1. The Labute approximate surface area is 142 Å². The summed E-state index contributed by atoms with van der Waals surface area (Å²) in [4.78, 5) is 19.6. The van der Waals surface area contributed by atoms with E-state index in [9.17, 15) is 13.2 Å². The molecule has 2 amide bonds. The van der Waals surface area contributed by atoms with E-state index < -0.39 is 9.84 Å². The van der Waals surface area contributed by atoms with Crippen LogP contribution >= 0.6 is 11.3 Å². The van der Waals surface area contributed by atoms with Crippen molar-refractivity contribution in [2.24, 2.45) is 5.92 Å². The number of hydrogen-bond donors (Lipinski definition) is 1. The zero-order valence-corrected chi connectivity index (χ0v) is 15.6. The summed E-state index contributed by atoms with van der Waals surface area (Å²) < 4.78 is 22.9. The van der Waals surface area contributed by atoms with E-state index in [1.165, 1.54) is 6.26 Å². The van der Waals surface area contributed by atoms with E-state index in [1.54, 1.807) is 16.2 Å². The average Bonchev–Trinajstić information content (AvgIpc) is 2.83. The molecule has 6 nitrogen and oxygen atoms in total. The number of carbonyl (C=O) groups is 1. The summed E-state index contributed by atoms with van der Waals surface area (Å²) >= 11 is 1.63. The highest BCUT2D eigenvalue weighted by Crippen LogP contribution is 2.20. The summed E-state index contributed by atoms with van der Waals surface area (Å²) in [5.74, 6) is 0.200. The number of piperidine rings is 1. The van der Waals surface area contributed by atoms with Crippen LogP contribution in [0.3, 0.4) is 0 Å². The predicted molar refractivity (Wildman–Crippen MR) is 92.5 cm³/mol. The average molecular weight is 360 g/mol. The van der Waals surface area contributed by atoms with Crippen LogP contribution in [0.1, 0.15) is 35.3 Å². The van der Waals surface area contributed by atoms with Crippen molar-refractivity contribution in [1.82, 2.24) is 15.2 Å². The lowest BCUT2D eigenvalue weighted by molar-refractivity contribution is 0.170. The fourth-order valence-corrected chi connectivity index (χ4v) is 4.96. The minimum atomic E-state index is -3.00. The molecule has 0 saturated carbocycles. The molecular weight excluding hydrogens is 334 g/mol. The smallest absolute Gasteiger partial charge is 0.317 e. The first-order valence-corrected chi connectivity index (χ1v) is 10.8. The quantitative estimate of drug-likeness (QED) is 0.872. The molecule has 1 aromatic rings. The molecule has 1 atom stereocenters. The van der Waals surface area contributed by atoms with Gasteiger partial charge in [0, 0.05) is 24.2 Å². The van der Waals surface area contributed by atoms with Crippen LogP contribution in [0.5, 0.6) is 0 Å². The van der Waals surface area contributed by atoms with E-state index in [1.807, 2.05) is 6.92 Å². The third-order valence-electron chi connectivity index (χ3n) is 3.98. The normalized spacial score (nSPS) is 18.9. The van der Waals surface area contributed by atoms with Crippen molar-refractivity contribution in [1.29, 1.82) is 0 Å². The Balaban J connectivity index is 1.88. The number of aromatic nitrogens is 1. The second kappa shape index (κ2) is 7.61. The van der Waals surface area contributed by atoms with Crippen LogP contribution in [0.25, 0.3) is 0 Å². The second-order valence-electron chi connectivity index (χ2n) is 6.18. The van der Waals surface area contributed by atoms with Crippen molar-refractivity contribution in [3.8, 4) is 0 Å². The Morgan fingerprint density at radius 1 is 1.48 bits per heavy atom. The van der Waals surface area contributed by atoms with Gasteiger partial charge in [-0.1, -0.05) is 6.92 Å². The van der Waals surface area contributed by atoms with Crippen molar-refractivity contribution in [3.63, 3.8) is 0 Å². The molecule has 1 N–H and O–H groups in total. The van der Waals surface area contributed by atoms with E-state index >= 15 is 0 Å². The maximum absolute atomic E-state index is 12.3. The predicted octanol–water partition coefficient (Wildman–Crippen LogP) is 1.98. The highest BCUT2D eigenvalue weighted by Gasteiger charge is 2.26. The molecule has 1 fully saturated rings. The number of sulfone groups is 1. The number of rotatable bonds is 5. The van der Waals surface area contributed by atoms with Crippen molar-refractivity contribution in [2.45, 2.75) is 39.7 Å². The van der Waals surface area contributed by atoms with Crippen LogP contribution in [0.4, 0.5) is 4.79 Å². The molecule has 0 spiro atoms. The van der Waals surface area contributed by atoms with Crippen LogP contribution in [0, 0.1) is 12.8 Å². The fraction of sp³-hybridized carbons (Fsp3) is 0.733. The number of carbonyl (C=O) groups excluding carboxylic acids is 1. The molecule has 0 aromatic carbocycles. The molecule has 0 aliphatic carbocycles. The van der Waals surface area contributed by atoms with Gasteiger partial charge >= 0.3 is 6.03 Å².